The Labute approximate surface area is 117 Å². The first-order valence-corrected chi connectivity index (χ1v) is 6.53. The molecule has 0 aliphatic heterocycles. The van der Waals surface area contributed by atoms with Crippen LogP contribution in [-0.4, -0.2) is 24.3 Å². The van der Waals surface area contributed by atoms with Gasteiger partial charge in [-0.05, 0) is 18.6 Å². The fraction of sp³-hybridized carbons (Fsp3) is 0.385. The molecule has 2 amide bonds. The number of primary amides is 1. The molecule has 0 aromatic heterocycles. The molecule has 3 N–H and O–H groups in total. The van der Waals surface area contributed by atoms with E-state index in [0.29, 0.717) is 30.2 Å². The van der Waals surface area contributed by atoms with Gasteiger partial charge >= 0.3 is 0 Å². The highest BCUT2D eigenvalue weighted by Crippen LogP contribution is 2.24. The molecular weight excluding hydrogens is 268 g/mol. The number of hydrogen-bond donors (Lipinski definition) is 2. The number of nitrogens with one attached hydrogen (secondary N) is 1. The lowest BCUT2D eigenvalue weighted by Gasteiger charge is -2.11. The van der Waals surface area contributed by atoms with Crippen LogP contribution in [-0.2, 0) is 9.59 Å². The Morgan fingerprint density at radius 3 is 2.68 bits per heavy atom. The average Bonchev–Trinajstić information content (AvgIpc) is 2.38. The molecule has 1 rings (SSSR count). The number of para-hydroxylation sites is 2. The monoisotopic (exact) mass is 284 g/mol. The van der Waals surface area contributed by atoms with Crippen molar-refractivity contribution in [3.8, 4) is 5.75 Å². The molecule has 0 radical (unpaired) electrons. The lowest BCUT2D eigenvalue weighted by Crippen LogP contribution is -2.16. The van der Waals surface area contributed by atoms with Gasteiger partial charge in [0.25, 0.3) is 0 Å². The maximum absolute atomic E-state index is 11.6. The summed E-state index contributed by atoms with van der Waals surface area (Å²) in [5.74, 6) is 0.419. The predicted molar refractivity (Wildman–Crippen MR) is 74.3 cm³/mol. The quantitative estimate of drug-likeness (QED) is 0.715. The second-order valence-electron chi connectivity index (χ2n) is 3.90. The molecule has 0 saturated heterocycles. The Morgan fingerprint density at radius 2 is 2.00 bits per heavy atom. The minimum Gasteiger partial charge on any atom is -0.491 e. The summed E-state index contributed by atoms with van der Waals surface area (Å²) in [6.07, 6.45) is 1.12. The Morgan fingerprint density at radius 1 is 1.26 bits per heavy atom. The van der Waals surface area contributed by atoms with Gasteiger partial charge in [0.15, 0.2) is 0 Å². The first-order chi connectivity index (χ1) is 9.13. The smallest absolute Gasteiger partial charge is 0.224 e. The molecule has 19 heavy (non-hydrogen) atoms. The minimum atomic E-state index is -0.427. The number of halogens is 1. The van der Waals surface area contributed by atoms with Crippen molar-refractivity contribution in [2.75, 3.05) is 17.8 Å². The molecule has 0 unspecified atom stereocenters. The van der Waals surface area contributed by atoms with Crippen LogP contribution in [0.2, 0.25) is 0 Å². The van der Waals surface area contributed by atoms with Gasteiger partial charge in [0.2, 0.25) is 11.8 Å². The van der Waals surface area contributed by atoms with Crippen molar-refractivity contribution in [1.29, 1.82) is 0 Å². The number of nitrogens with two attached hydrogens (primary N) is 1. The van der Waals surface area contributed by atoms with Crippen LogP contribution in [0.25, 0.3) is 0 Å². The lowest BCUT2D eigenvalue weighted by atomic mass is 10.2. The normalized spacial score (nSPS) is 9.95. The molecule has 1 aromatic carbocycles. The number of rotatable bonds is 8. The molecular formula is C13H17ClN2O3. The summed E-state index contributed by atoms with van der Waals surface area (Å²) in [4.78, 5) is 22.2. The molecule has 5 nitrogen and oxygen atoms in total. The molecule has 0 bridgehead atoms. The molecule has 1 aromatic rings. The van der Waals surface area contributed by atoms with E-state index in [-0.39, 0.29) is 18.9 Å². The number of anilines is 1. The van der Waals surface area contributed by atoms with Crippen LogP contribution in [0.3, 0.4) is 0 Å². The van der Waals surface area contributed by atoms with Gasteiger partial charge in [-0.25, -0.2) is 0 Å². The Balaban J connectivity index is 2.57. The van der Waals surface area contributed by atoms with Gasteiger partial charge in [0, 0.05) is 12.3 Å². The number of hydrogen-bond acceptors (Lipinski definition) is 3. The van der Waals surface area contributed by atoms with Gasteiger partial charge < -0.3 is 15.8 Å². The van der Waals surface area contributed by atoms with E-state index in [1.54, 1.807) is 24.3 Å². The maximum Gasteiger partial charge on any atom is 0.224 e. The van der Waals surface area contributed by atoms with Gasteiger partial charge in [-0.3, -0.25) is 9.59 Å². The Hall–Kier alpha value is -1.75. The summed E-state index contributed by atoms with van der Waals surface area (Å²) in [5.41, 5.74) is 5.60. The van der Waals surface area contributed by atoms with Gasteiger partial charge in [-0.2, -0.15) is 0 Å². The lowest BCUT2D eigenvalue weighted by molar-refractivity contribution is -0.118. The zero-order valence-electron chi connectivity index (χ0n) is 10.5. The van der Waals surface area contributed by atoms with Crippen LogP contribution in [0.4, 0.5) is 5.69 Å². The maximum atomic E-state index is 11.6. The summed E-state index contributed by atoms with van der Waals surface area (Å²) >= 11 is 5.53. The zero-order valence-corrected chi connectivity index (χ0v) is 11.3. The van der Waals surface area contributed by atoms with Crippen molar-refractivity contribution >= 4 is 29.1 Å². The molecule has 0 heterocycles. The fourth-order valence-electron chi connectivity index (χ4n) is 1.40. The van der Waals surface area contributed by atoms with Crippen LogP contribution in [0, 0.1) is 0 Å². The topological polar surface area (TPSA) is 81.4 Å². The van der Waals surface area contributed by atoms with Crippen molar-refractivity contribution < 1.29 is 14.3 Å². The molecule has 0 atom stereocenters. The van der Waals surface area contributed by atoms with Crippen molar-refractivity contribution in [3.63, 3.8) is 0 Å². The van der Waals surface area contributed by atoms with Crippen molar-refractivity contribution in [2.24, 2.45) is 5.73 Å². The standard InChI is InChI=1S/C13H17ClN2O3/c14-8-3-6-13(18)16-10-4-1-2-5-11(10)19-9-7-12(15)17/h1-2,4-5H,3,6-9H2,(H2,15,17)(H,16,18). The highest BCUT2D eigenvalue weighted by molar-refractivity contribution is 6.18. The fourth-order valence-corrected chi connectivity index (χ4v) is 1.53. The van der Waals surface area contributed by atoms with Crippen molar-refractivity contribution in [2.45, 2.75) is 19.3 Å². The number of alkyl halides is 1. The highest BCUT2D eigenvalue weighted by Gasteiger charge is 2.07. The van der Waals surface area contributed by atoms with Gasteiger partial charge in [0.05, 0.1) is 18.7 Å². The van der Waals surface area contributed by atoms with Crippen LogP contribution in [0.15, 0.2) is 24.3 Å². The van der Waals surface area contributed by atoms with E-state index < -0.39 is 5.91 Å². The first kappa shape index (κ1) is 15.3. The van der Waals surface area contributed by atoms with Crippen molar-refractivity contribution in [1.82, 2.24) is 0 Å². The van der Waals surface area contributed by atoms with E-state index in [1.165, 1.54) is 0 Å². The number of benzene rings is 1. The molecule has 0 aliphatic rings. The van der Waals surface area contributed by atoms with E-state index in [1.807, 2.05) is 0 Å². The van der Waals surface area contributed by atoms with Crippen LogP contribution in [0.5, 0.6) is 5.75 Å². The van der Waals surface area contributed by atoms with Crippen molar-refractivity contribution in [3.05, 3.63) is 24.3 Å². The van der Waals surface area contributed by atoms with E-state index in [0.717, 1.165) is 0 Å². The highest BCUT2D eigenvalue weighted by atomic mass is 35.5. The van der Waals surface area contributed by atoms with Gasteiger partial charge in [-0.1, -0.05) is 12.1 Å². The van der Waals surface area contributed by atoms with Crippen LogP contribution in [0.1, 0.15) is 19.3 Å². The molecule has 6 heteroatoms. The third kappa shape index (κ3) is 6.10. The third-order valence-corrected chi connectivity index (χ3v) is 2.57. The molecule has 0 spiro atoms. The summed E-state index contributed by atoms with van der Waals surface area (Å²) in [6.45, 7) is 0.184. The second kappa shape index (κ2) is 8.37. The predicted octanol–water partition coefficient (Wildman–Crippen LogP) is 1.90. The largest absolute Gasteiger partial charge is 0.491 e. The van der Waals surface area contributed by atoms with Crippen LogP contribution >= 0.6 is 11.6 Å². The number of carbonyl (C=O) groups is 2. The van der Waals surface area contributed by atoms with Gasteiger partial charge in [0.1, 0.15) is 5.75 Å². The number of carbonyl (C=O) groups excluding carboxylic acids is 2. The number of amides is 2. The second-order valence-corrected chi connectivity index (χ2v) is 4.28. The Kier molecular flexibility index (Phi) is 6.74. The molecule has 0 fully saturated rings. The van der Waals surface area contributed by atoms with E-state index in [4.69, 9.17) is 22.1 Å². The molecule has 0 aliphatic carbocycles. The minimum absolute atomic E-state index is 0.119. The SMILES string of the molecule is NC(=O)CCOc1ccccc1NC(=O)CCCCl. The summed E-state index contributed by atoms with van der Waals surface area (Å²) in [7, 11) is 0. The van der Waals surface area contributed by atoms with E-state index in [9.17, 15) is 9.59 Å². The summed E-state index contributed by atoms with van der Waals surface area (Å²) in [5, 5.41) is 2.74. The Bertz CT molecular complexity index is 438. The summed E-state index contributed by atoms with van der Waals surface area (Å²) in [6, 6.07) is 7.03. The van der Waals surface area contributed by atoms with Gasteiger partial charge in [-0.15, -0.1) is 11.6 Å². The molecule has 104 valence electrons. The molecule has 0 saturated carbocycles. The average molecular weight is 285 g/mol. The van der Waals surface area contributed by atoms with E-state index in [2.05, 4.69) is 5.32 Å². The van der Waals surface area contributed by atoms with E-state index >= 15 is 0 Å². The zero-order chi connectivity index (χ0) is 14.1. The van der Waals surface area contributed by atoms with Crippen LogP contribution < -0.4 is 15.8 Å². The third-order valence-electron chi connectivity index (χ3n) is 2.30. The number of ether oxygens (including phenoxy) is 1. The summed E-state index contributed by atoms with van der Waals surface area (Å²) < 4.78 is 5.41. The first-order valence-electron chi connectivity index (χ1n) is 5.99.